The van der Waals surface area contributed by atoms with Crippen LogP contribution < -0.4 is 11.5 Å². The molecule has 0 saturated heterocycles. The molecule has 0 fully saturated rings. The van der Waals surface area contributed by atoms with E-state index in [1.165, 1.54) is 4.57 Å². The molecule has 1 aromatic carbocycles. The van der Waals surface area contributed by atoms with Crippen LogP contribution in [-0.4, -0.2) is 29.6 Å². The third kappa shape index (κ3) is 3.24. The number of hydrogen-bond donors (Lipinski definition) is 1. The van der Waals surface area contributed by atoms with Gasteiger partial charge in [-0.1, -0.05) is 6.07 Å². The zero-order chi connectivity index (χ0) is 13.8. The smallest absolute Gasteiger partial charge is 0.408 e. The van der Waals surface area contributed by atoms with Gasteiger partial charge in [-0.25, -0.2) is 4.79 Å². The fourth-order valence-corrected chi connectivity index (χ4v) is 2.19. The van der Waals surface area contributed by atoms with Gasteiger partial charge in [0.15, 0.2) is 5.58 Å². The van der Waals surface area contributed by atoms with Crippen LogP contribution in [0, 0.1) is 0 Å². The van der Waals surface area contributed by atoms with E-state index in [0.717, 1.165) is 43.6 Å². The molecule has 0 aliphatic carbocycles. The molecule has 2 rings (SSSR count). The quantitative estimate of drug-likeness (QED) is 0.798. The number of hydrogen-bond acceptors (Lipinski definition) is 4. The molecule has 2 N–H and O–H groups in total. The first kappa shape index (κ1) is 13.8. The Morgan fingerprint density at radius 2 is 2.16 bits per heavy atom. The Bertz CT molecular complexity index is 600. The van der Waals surface area contributed by atoms with Crippen molar-refractivity contribution in [2.24, 2.45) is 12.8 Å². The van der Waals surface area contributed by atoms with Crippen molar-refractivity contribution in [3.8, 4) is 0 Å². The summed E-state index contributed by atoms with van der Waals surface area (Å²) >= 11 is 0. The second-order valence-corrected chi connectivity index (χ2v) is 4.96. The van der Waals surface area contributed by atoms with Crippen LogP contribution in [-0.2, 0) is 13.6 Å². The van der Waals surface area contributed by atoms with E-state index in [-0.39, 0.29) is 5.76 Å². The maximum Gasteiger partial charge on any atom is 0.419 e. The standard InChI is InChI=1S/C14H21N3O2/c1-16(8-4-3-7-15)10-11-5-6-12-13(9-11)19-14(18)17(12)2/h5-6,9H,3-4,7-8,10,15H2,1-2H3. The van der Waals surface area contributed by atoms with Gasteiger partial charge in [-0.15, -0.1) is 0 Å². The summed E-state index contributed by atoms with van der Waals surface area (Å²) in [5, 5.41) is 0. The lowest BCUT2D eigenvalue weighted by Crippen LogP contribution is -2.19. The maximum atomic E-state index is 11.4. The van der Waals surface area contributed by atoms with E-state index >= 15 is 0 Å². The van der Waals surface area contributed by atoms with Gasteiger partial charge in [0.2, 0.25) is 0 Å². The number of rotatable bonds is 6. The minimum absolute atomic E-state index is 0.316. The summed E-state index contributed by atoms with van der Waals surface area (Å²) in [6, 6.07) is 5.91. The number of oxazole rings is 1. The molecular formula is C14H21N3O2. The van der Waals surface area contributed by atoms with E-state index < -0.39 is 0 Å². The number of fused-ring (bicyclic) bond motifs is 1. The minimum atomic E-state index is -0.316. The van der Waals surface area contributed by atoms with Crippen molar-refractivity contribution in [3.05, 3.63) is 34.3 Å². The second kappa shape index (κ2) is 6.04. The lowest BCUT2D eigenvalue weighted by atomic mass is 10.2. The molecule has 0 atom stereocenters. The molecule has 1 aromatic heterocycles. The summed E-state index contributed by atoms with van der Waals surface area (Å²) < 4.78 is 6.71. The van der Waals surface area contributed by atoms with E-state index in [2.05, 4.69) is 11.9 Å². The Morgan fingerprint density at radius 1 is 1.37 bits per heavy atom. The van der Waals surface area contributed by atoms with Crippen LogP contribution in [0.1, 0.15) is 18.4 Å². The zero-order valence-electron chi connectivity index (χ0n) is 11.6. The SMILES string of the molecule is CN(CCCCN)Cc1ccc2c(c1)oc(=O)n2C. The predicted octanol–water partition coefficient (Wildman–Crippen LogP) is 1.30. The molecule has 19 heavy (non-hydrogen) atoms. The average molecular weight is 263 g/mol. The molecular weight excluding hydrogens is 242 g/mol. The van der Waals surface area contributed by atoms with E-state index in [1.807, 2.05) is 18.2 Å². The number of aryl methyl sites for hydroxylation is 1. The highest BCUT2D eigenvalue weighted by Gasteiger charge is 2.07. The molecule has 104 valence electrons. The normalized spacial score (nSPS) is 11.6. The van der Waals surface area contributed by atoms with Gasteiger partial charge in [0.05, 0.1) is 5.52 Å². The highest BCUT2D eigenvalue weighted by atomic mass is 16.4. The van der Waals surface area contributed by atoms with Gasteiger partial charge in [0.25, 0.3) is 0 Å². The number of benzene rings is 1. The lowest BCUT2D eigenvalue weighted by molar-refractivity contribution is 0.319. The third-order valence-electron chi connectivity index (χ3n) is 3.30. The zero-order valence-corrected chi connectivity index (χ0v) is 11.6. The first-order valence-corrected chi connectivity index (χ1v) is 6.59. The summed E-state index contributed by atoms with van der Waals surface area (Å²) in [5.41, 5.74) is 8.12. The van der Waals surface area contributed by atoms with Gasteiger partial charge < -0.3 is 15.1 Å². The van der Waals surface area contributed by atoms with Crippen molar-refractivity contribution in [1.29, 1.82) is 0 Å². The van der Waals surface area contributed by atoms with Crippen LogP contribution in [0.15, 0.2) is 27.4 Å². The van der Waals surface area contributed by atoms with Crippen molar-refractivity contribution in [2.75, 3.05) is 20.1 Å². The summed E-state index contributed by atoms with van der Waals surface area (Å²) in [4.78, 5) is 13.7. The Hall–Kier alpha value is -1.59. The number of unbranched alkanes of at least 4 members (excludes halogenated alkanes) is 1. The minimum Gasteiger partial charge on any atom is -0.408 e. The maximum absolute atomic E-state index is 11.4. The van der Waals surface area contributed by atoms with E-state index in [4.69, 9.17) is 10.2 Å². The first-order valence-electron chi connectivity index (χ1n) is 6.59. The predicted molar refractivity (Wildman–Crippen MR) is 76.1 cm³/mol. The van der Waals surface area contributed by atoms with E-state index in [9.17, 15) is 4.79 Å². The Labute approximate surface area is 112 Å². The summed E-state index contributed by atoms with van der Waals surface area (Å²) in [5.74, 6) is -0.316. The molecule has 0 aliphatic heterocycles. The molecule has 0 aliphatic rings. The Morgan fingerprint density at radius 3 is 2.89 bits per heavy atom. The third-order valence-corrected chi connectivity index (χ3v) is 3.30. The molecule has 1 heterocycles. The molecule has 0 spiro atoms. The molecule has 0 saturated carbocycles. The van der Waals surface area contributed by atoms with Gasteiger partial charge in [-0.2, -0.15) is 0 Å². The van der Waals surface area contributed by atoms with Crippen molar-refractivity contribution < 1.29 is 4.42 Å². The fourth-order valence-electron chi connectivity index (χ4n) is 2.19. The number of aromatic nitrogens is 1. The Kier molecular flexibility index (Phi) is 4.39. The molecule has 2 aromatic rings. The topological polar surface area (TPSA) is 64.4 Å². The van der Waals surface area contributed by atoms with Crippen molar-refractivity contribution in [2.45, 2.75) is 19.4 Å². The number of nitrogens with two attached hydrogens (primary N) is 1. The first-order chi connectivity index (χ1) is 9.11. The van der Waals surface area contributed by atoms with Gasteiger partial charge in [-0.05, 0) is 50.7 Å². The van der Waals surface area contributed by atoms with Crippen LogP contribution >= 0.6 is 0 Å². The van der Waals surface area contributed by atoms with Crippen molar-refractivity contribution in [1.82, 2.24) is 9.47 Å². The summed E-state index contributed by atoms with van der Waals surface area (Å²) in [7, 11) is 3.80. The van der Waals surface area contributed by atoms with Gasteiger partial charge in [0.1, 0.15) is 0 Å². The molecule has 5 heteroatoms. The van der Waals surface area contributed by atoms with Crippen LogP contribution in [0.5, 0.6) is 0 Å². The fraction of sp³-hybridized carbons (Fsp3) is 0.500. The summed E-state index contributed by atoms with van der Waals surface area (Å²) in [6.07, 6.45) is 2.16. The average Bonchev–Trinajstić information content (AvgIpc) is 2.65. The highest BCUT2D eigenvalue weighted by molar-refractivity contribution is 5.73. The highest BCUT2D eigenvalue weighted by Crippen LogP contribution is 2.15. The van der Waals surface area contributed by atoms with Crippen molar-refractivity contribution in [3.63, 3.8) is 0 Å². The van der Waals surface area contributed by atoms with Gasteiger partial charge >= 0.3 is 5.76 Å². The second-order valence-electron chi connectivity index (χ2n) is 4.96. The van der Waals surface area contributed by atoms with Gasteiger partial charge in [0, 0.05) is 13.6 Å². The lowest BCUT2D eigenvalue weighted by Gasteiger charge is -2.16. The van der Waals surface area contributed by atoms with Gasteiger partial charge in [-0.3, -0.25) is 4.57 Å². The van der Waals surface area contributed by atoms with Crippen LogP contribution in [0.25, 0.3) is 11.1 Å². The summed E-state index contributed by atoms with van der Waals surface area (Å²) in [6.45, 7) is 2.61. The van der Waals surface area contributed by atoms with E-state index in [1.54, 1.807) is 7.05 Å². The number of nitrogens with zero attached hydrogens (tertiary/aromatic N) is 2. The van der Waals surface area contributed by atoms with E-state index in [0.29, 0.717) is 5.58 Å². The van der Waals surface area contributed by atoms with Crippen LogP contribution in [0.2, 0.25) is 0 Å². The molecule has 0 bridgehead atoms. The largest absolute Gasteiger partial charge is 0.419 e. The molecule has 0 amide bonds. The Balaban J connectivity index is 2.07. The molecule has 5 nitrogen and oxygen atoms in total. The monoisotopic (exact) mass is 263 g/mol. The van der Waals surface area contributed by atoms with Crippen LogP contribution in [0.4, 0.5) is 0 Å². The molecule has 0 radical (unpaired) electrons. The molecule has 0 unspecified atom stereocenters. The van der Waals surface area contributed by atoms with Crippen LogP contribution in [0.3, 0.4) is 0 Å². The van der Waals surface area contributed by atoms with Crippen molar-refractivity contribution >= 4 is 11.1 Å².